The van der Waals surface area contributed by atoms with Crippen LogP contribution in [0.2, 0.25) is 0 Å². The second kappa shape index (κ2) is 10.2. The van der Waals surface area contributed by atoms with E-state index in [9.17, 15) is 4.79 Å². The van der Waals surface area contributed by atoms with Crippen molar-refractivity contribution in [3.63, 3.8) is 0 Å². The molecule has 3 heterocycles. The highest BCUT2D eigenvalue weighted by molar-refractivity contribution is 7.17. The highest BCUT2D eigenvalue weighted by Gasteiger charge is 2.64. The van der Waals surface area contributed by atoms with Gasteiger partial charge in [0.2, 0.25) is 11.9 Å². The van der Waals surface area contributed by atoms with E-state index in [2.05, 4.69) is 41.6 Å². The predicted octanol–water partition coefficient (Wildman–Crippen LogP) is 5.51. The van der Waals surface area contributed by atoms with Gasteiger partial charge in [-0.25, -0.2) is 4.98 Å². The van der Waals surface area contributed by atoms with E-state index in [1.807, 2.05) is 35.7 Å². The quantitative estimate of drug-likeness (QED) is 0.325. The van der Waals surface area contributed by atoms with Gasteiger partial charge in [0.05, 0.1) is 21.7 Å². The SMILES string of the molecule is CNC(=O)[C@H]1C[C@@H]2C[C@@H](C2(C)C)[C@@]1(C)Nc1nc(Nc2ccc(OCCN3CCCC3)cc2)nc2ccsc12. The fourth-order valence-corrected chi connectivity index (χ4v) is 8.03. The number of nitrogens with zero attached hydrogens (tertiary/aromatic N) is 3. The van der Waals surface area contributed by atoms with Crippen molar-refractivity contribution in [1.29, 1.82) is 0 Å². The van der Waals surface area contributed by atoms with Gasteiger partial charge in [-0.15, -0.1) is 11.3 Å². The zero-order chi connectivity index (χ0) is 27.2. The Bertz CT molecular complexity index is 1330. The number of carbonyl (C=O) groups excluding carboxylic acids is 1. The molecule has 3 N–H and O–H groups in total. The normalized spacial score (nSPS) is 27.6. The van der Waals surface area contributed by atoms with Crippen LogP contribution in [0.4, 0.5) is 17.5 Å². The number of thiophene rings is 1. The maximum atomic E-state index is 13.0. The molecule has 2 aromatic heterocycles. The van der Waals surface area contributed by atoms with Crippen LogP contribution >= 0.6 is 11.3 Å². The Kier molecular flexibility index (Phi) is 6.91. The van der Waals surface area contributed by atoms with E-state index in [0.717, 1.165) is 46.9 Å². The third kappa shape index (κ3) is 4.84. The lowest BCUT2D eigenvalue weighted by Gasteiger charge is -2.66. The molecule has 0 radical (unpaired) electrons. The molecule has 7 rings (SSSR count). The van der Waals surface area contributed by atoms with Crippen LogP contribution in [0.3, 0.4) is 0 Å². The summed E-state index contributed by atoms with van der Waals surface area (Å²) >= 11 is 1.63. The van der Waals surface area contributed by atoms with Crippen molar-refractivity contribution < 1.29 is 9.53 Å². The standard InChI is InChI=1S/C30H40N6O2S/c1-29(2)19-17-22(27(37)31-4)30(3,24(29)18-19)35-26-25-23(11-16-39-25)33-28(34-26)32-20-7-9-21(10-8-20)38-15-14-36-12-5-6-13-36/h7-11,16,19,22,24H,5-6,12-15,17-18H2,1-4H3,(H,31,37)(H2,32,33,34,35)/t19-,22-,24+,30+/m1/s1. The molecule has 4 fully saturated rings. The Labute approximate surface area is 234 Å². The lowest BCUT2D eigenvalue weighted by Crippen LogP contribution is -2.69. The summed E-state index contributed by atoms with van der Waals surface area (Å²) in [4.78, 5) is 25.2. The van der Waals surface area contributed by atoms with Gasteiger partial charge >= 0.3 is 0 Å². The molecule has 1 saturated heterocycles. The average Bonchev–Trinajstić information content (AvgIpc) is 3.61. The van der Waals surface area contributed by atoms with Crippen LogP contribution in [0.25, 0.3) is 10.2 Å². The number of hydrogen-bond acceptors (Lipinski definition) is 8. The topological polar surface area (TPSA) is 91.4 Å². The monoisotopic (exact) mass is 548 g/mol. The van der Waals surface area contributed by atoms with Gasteiger partial charge in [-0.05, 0) is 98.7 Å². The van der Waals surface area contributed by atoms with Gasteiger partial charge in [0.1, 0.15) is 18.2 Å². The fraction of sp³-hybridized carbons (Fsp3) is 0.567. The molecule has 1 amide bonds. The number of rotatable bonds is 9. The Balaban J connectivity index is 1.21. The van der Waals surface area contributed by atoms with E-state index in [1.54, 1.807) is 18.4 Å². The van der Waals surface area contributed by atoms with Crippen molar-refractivity contribution in [2.75, 3.05) is 43.9 Å². The Morgan fingerprint density at radius 3 is 2.59 bits per heavy atom. The van der Waals surface area contributed by atoms with Crippen molar-refractivity contribution in [3.8, 4) is 5.75 Å². The maximum absolute atomic E-state index is 13.0. The molecule has 0 unspecified atom stereocenters. The van der Waals surface area contributed by atoms with Crippen molar-refractivity contribution in [2.45, 2.75) is 52.0 Å². The van der Waals surface area contributed by atoms with Crippen molar-refractivity contribution in [2.24, 2.45) is 23.2 Å². The van der Waals surface area contributed by atoms with E-state index in [4.69, 9.17) is 14.7 Å². The van der Waals surface area contributed by atoms with E-state index in [0.29, 0.717) is 24.4 Å². The van der Waals surface area contributed by atoms with Crippen LogP contribution in [0.15, 0.2) is 35.7 Å². The average molecular weight is 549 g/mol. The molecular weight excluding hydrogens is 508 g/mol. The zero-order valence-corrected chi connectivity index (χ0v) is 24.2. The largest absolute Gasteiger partial charge is 0.492 e. The van der Waals surface area contributed by atoms with Crippen molar-refractivity contribution >= 4 is 44.9 Å². The number of ether oxygens (including phenoxy) is 1. The van der Waals surface area contributed by atoms with Gasteiger partial charge in [-0.1, -0.05) is 13.8 Å². The first kappa shape index (κ1) is 26.3. The molecule has 0 spiro atoms. The van der Waals surface area contributed by atoms with Crippen LogP contribution < -0.4 is 20.7 Å². The van der Waals surface area contributed by atoms with Gasteiger partial charge in [-0.2, -0.15) is 4.98 Å². The summed E-state index contributed by atoms with van der Waals surface area (Å²) in [5.41, 5.74) is 1.57. The van der Waals surface area contributed by atoms with E-state index in [-0.39, 0.29) is 17.2 Å². The number of hydrogen-bond donors (Lipinski definition) is 3. The molecule has 3 aliphatic carbocycles. The summed E-state index contributed by atoms with van der Waals surface area (Å²) in [6, 6.07) is 10.0. The van der Waals surface area contributed by atoms with Crippen LogP contribution in [-0.2, 0) is 4.79 Å². The third-order valence-corrected chi connectivity index (χ3v) is 10.6. The lowest BCUT2D eigenvalue weighted by molar-refractivity contribution is -0.155. The minimum atomic E-state index is -0.408. The number of amides is 1. The maximum Gasteiger partial charge on any atom is 0.229 e. The molecule has 1 aliphatic heterocycles. The van der Waals surface area contributed by atoms with Gasteiger partial charge in [0, 0.05) is 19.3 Å². The number of nitrogens with one attached hydrogen (secondary N) is 3. The van der Waals surface area contributed by atoms with Gasteiger partial charge in [-0.3, -0.25) is 9.69 Å². The first-order valence-electron chi connectivity index (χ1n) is 14.2. The first-order chi connectivity index (χ1) is 18.8. The number of likely N-dealkylation sites (tertiary alicyclic amines) is 1. The van der Waals surface area contributed by atoms with Crippen molar-refractivity contribution in [3.05, 3.63) is 35.7 Å². The van der Waals surface area contributed by atoms with Crippen LogP contribution in [0.5, 0.6) is 5.75 Å². The zero-order valence-electron chi connectivity index (χ0n) is 23.4. The summed E-state index contributed by atoms with van der Waals surface area (Å²) in [5, 5.41) is 12.2. The van der Waals surface area contributed by atoms with Crippen LogP contribution in [-0.4, -0.2) is 59.6 Å². The van der Waals surface area contributed by atoms with Gasteiger partial charge in [0.25, 0.3) is 0 Å². The summed E-state index contributed by atoms with van der Waals surface area (Å²) in [6.45, 7) is 10.9. The molecule has 4 atom stereocenters. The summed E-state index contributed by atoms with van der Waals surface area (Å²) in [5.74, 6) is 3.14. The van der Waals surface area contributed by atoms with Crippen molar-refractivity contribution in [1.82, 2.24) is 20.2 Å². The Morgan fingerprint density at radius 1 is 1.10 bits per heavy atom. The molecule has 2 bridgehead atoms. The van der Waals surface area contributed by atoms with Gasteiger partial charge < -0.3 is 20.7 Å². The lowest BCUT2D eigenvalue weighted by atomic mass is 9.40. The second-order valence-electron chi connectivity index (χ2n) is 12.2. The minimum absolute atomic E-state index is 0.104. The predicted molar refractivity (Wildman–Crippen MR) is 158 cm³/mol. The molecule has 3 saturated carbocycles. The third-order valence-electron chi connectivity index (χ3n) is 9.68. The molecule has 208 valence electrons. The van der Waals surface area contributed by atoms with E-state index in [1.165, 1.54) is 25.9 Å². The molecule has 4 aliphatic rings. The van der Waals surface area contributed by atoms with Gasteiger partial charge in [0.15, 0.2) is 0 Å². The number of aromatic nitrogens is 2. The number of fused-ring (bicyclic) bond motifs is 3. The smallest absolute Gasteiger partial charge is 0.229 e. The highest BCUT2D eigenvalue weighted by atomic mass is 32.1. The molecular formula is C30H40N6O2S. The summed E-state index contributed by atoms with van der Waals surface area (Å²) in [6.07, 6.45) is 4.62. The molecule has 3 aromatic rings. The van der Waals surface area contributed by atoms with E-state index < -0.39 is 5.54 Å². The fourth-order valence-electron chi connectivity index (χ4n) is 7.26. The van der Waals surface area contributed by atoms with Crippen LogP contribution in [0.1, 0.15) is 46.5 Å². The summed E-state index contributed by atoms with van der Waals surface area (Å²) < 4.78 is 6.97. The molecule has 39 heavy (non-hydrogen) atoms. The first-order valence-corrected chi connectivity index (χ1v) is 15.1. The molecule has 8 nitrogen and oxygen atoms in total. The number of carbonyl (C=O) groups is 1. The van der Waals surface area contributed by atoms with Crippen LogP contribution in [0, 0.1) is 23.2 Å². The van der Waals surface area contributed by atoms with E-state index >= 15 is 0 Å². The molecule has 1 aromatic carbocycles. The second-order valence-corrected chi connectivity index (χ2v) is 13.1. The number of benzene rings is 1. The Morgan fingerprint density at radius 2 is 1.87 bits per heavy atom. The summed E-state index contributed by atoms with van der Waals surface area (Å²) in [7, 11) is 1.74. The minimum Gasteiger partial charge on any atom is -0.492 e. The molecule has 9 heteroatoms. The highest BCUT2D eigenvalue weighted by Crippen LogP contribution is 2.65. The number of anilines is 3. The Hall–Kier alpha value is -2.91.